The minimum atomic E-state index is -0.112. The predicted octanol–water partition coefficient (Wildman–Crippen LogP) is 2.51. The van der Waals surface area contributed by atoms with Crippen LogP contribution in [-0.2, 0) is 4.79 Å². The Morgan fingerprint density at radius 1 is 1.56 bits per heavy atom. The molecule has 1 aromatic carbocycles. The zero-order valence-electron chi connectivity index (χ0n) is 8.28. The molecule has 1 saturated heterocycles. The number of nitriles is 1. The first kappa shape index (κ1) is 11.7. The van der Waals surface area contributed by atoms with Crippen LogP contribution in [0.1, 0.15) is 12.0 Å². The number of rotatable bonds is 1. The summed E-state index contributed by atoms with van der Waals surface area (Å²) in [6.07, 6.45) is 0.387. The molecule has 1 amide bonds. The van der Waals surface area contributed by atoms with Crippen LogP contribution in [0.5, 0.6) is 0 Å². The highest BCUT2D eigenvalue weighted by Crippen LogP contribution is 2.29. The Hall–Kier alpha value is -0.800. The molecule has 3 nitrogen and oxygen atoms in total. The van der Waals surface area contributed by atoms with E-state index in [4.69, 9.17) is 16.9 Å². The largest absolute Gasteiger partial charge is 0.310 e. The Kier molecular flexibility index (Phi) is 3.36. The molecule has 1 unspecified atom stereocenters. The fourth-order valence-electron chi connectivity index (χ4n) is 1.69. The van der Waals surface area contributed by atoms with Gasteiger partial charge < -0.3 is 4.90 Å². The van der Waals surface area contributed by atoms with Crippen molar-refractivity contribution in [2.24, 2.45) is 0 Å². The smallest absolute Gasteiger partial charge is 0.228 e. The first-order valence-electron chi connectivity index (χ1n) is 4.76. The van der Waals surface area contributed by atoms with Crippen LogP contribution in [0.4, 0.5) is 5.69 Å². The van der Waals surface area contributed by atoms with Crippen molar-refractivity contribution in [1.29, 1.82) is 5.26 Å². The number of hydrogen-bond acceptors (Lipinski definition) is 2. The summed E-state index contributed by atoms with van der Waals surface area (Å²) in [4.78, 5) is 13.3. The minimum Gasteiger partial charge on any atom is -0.310 e. The molecule has 1 fully saturated rings. The van der Waals surface area contributed by atoms with Gasteiger partial charge in [0, 0.05) is 16.5 Å². The van der Waals surface area contributed by atoms with E-state index in [0.717, 1.165) is 9.26 Å². The summed E-state index contributed by atoms with van der Waals surface area (Å²) < 4.78 is 0.899. The van der Waals surface area contributed by atoms with Crippen LogP contribution in [0.3, 0.4) is 0 Å². The highest BCUT2D eigenvalue weighted by Gasteiger charge is 2.30. The molecule has 2 rings (SSSR count). The first-order valence-corrected chi connectivity index (χ1v) is 6.27. The lowest BCUT2D eigenvalue weighted by molar-refractivity contribution is -0.117. The standard InChI is InChI=1S/C11H8ClIN2O/c12-8-4-11(16)15(6-8)10-2-1-7(5-14)3-9(10)13/h1-3,8H,4,6H2. The third-order valence-corrected chi connectivity index (χ3v) is 3.60. The molecule has 0 aromatic heterocycles. The van der Waals surface area contributed by atoms with Crippen molar-refractivity contribution in [2.75, 3.05) is 11.4 Å². The molecular formula is C11H8ClIN2O. The maximum Gasteiger partial charge on any atom is 0.228 e. The number of amides is 1. The summed E-state index contributed by atoms with van der Waals surface area (Å²) in [7, 11) is 0. The van der Waals surface area contributed by atoms with Crippen molar-refractivity contribution in [3.05, 3.63) is 27.3 Å². The van der Waals surface area contributed by atoms with E-state index < -0.39 is 0 Å². The Morgan fingerprint density at radius 3 is 2.81 bits per heavy atom. The summed E-state index contributed by atoms with van der Waals surface area (Å²) in [5.41, 5.74) is 1.44. The molecule has 0 spiro atoms. The van der Waals surface area contributed by atoms with Crippen molar-refractivity contribution in [1.82, 2.24) is 0 Å². The molecular weight excluding hydrogens is 338 g/mol. The molecule has 0 saturated carbocycles. The van der Waals surface area contributed by atoms with Gasteiger partial charge in [0.05, 0.1) is 22.7 Å². The molecule has 1 aliphatic rings. The van der Waals surface area contributed by atoms with Gasteiger partial charge in [-0.2, -0.15) is 5.26 Å². The summed E-state index contributed by atoms with van der Waals surface area (Å²) in [6, 6.07) is 7.35. The summed E-state index contributed by atoms with van der Waals surface area (Å²) >= 11 is 8.07. The van der Waals surface area contributed by atoms with Gasteiger partial charge in [-0.3, -0.25) is 4.79 Å². The molecule has 0 N–H and O–H groups in total. The Labute approximate surface area is 112 Å². The number of anilines is 1. The van der Waals surface area contributed by atoms with Gasteiger partial charge in [-0.05, 0) is 40.8 Å². The van der Waals surface area contributed by atoms with Crippen LogP contribution in [0, 0.1) is 14.9 Å². The number of benzene rings is 1. The van der Waals surface area contributed by atoms with Crippen LogP contribution < -0.4 is 4.90 Å². The van der Waals surface area contributed by atoms with E-state index in [-0.39, 0.29) is 11.3 Å². The fourth-order valence-corrected chi connectivity index (χ4v) is 2.77. The van der Waals surface area contributed by atoms with Crippen LogP contribution in [0.25, 0.3) is 0 Å². The van der Waals surface area contributed by atoms with Crippen molar-refractivity contribution in [3.63, 3.8) is 0 Å². The summed E-state index contributed by atoms with van der Waals surface area (Å²) in [5, 5.41) is 8.65. The van der Waals surface area contributed by atoms with E-state index in [1.165, 1.54) is 0 Å². The normalized spacial score (nSPS) is 19.9. The number of nitrogens with zero attached hydrogens (tertiary/aromatic N) is 2. The highest BCUT2D eigenvalue weighted by atomic mass is 127. The maximum atomic E-state index is 11.7. The van der Waals surface area contributed by atoms with Gasteiger partial charge >= 0.3 is 0 Å². The van der Waals surface area contributed by atoms with Crippen LogP contribution in [0.15, 0.2) is 18.2 Å². The van der Waals surface area contributed by atoms with Crippen LogP contribution in [-0.4, -0.2) is 17.8 Å². The monoisotopic (exact) mass is 346 g/mol. The number of alkyl halides is 1. The third kappa shape index (κ3) is 2.15. The Morgan fingerprint density at radius 2 is 2.31 bits per heavy atom. The average Bonchev–Trinajstić information content (AvgIpc) is 2.57. The molecule has 1 atom stereocenters. The van der Waals surface area contributed by atoms with Crippen molar-refractivity contribution < 1.29 is 4.79 Å². The van der Waals surface area contributed by atoms with Gasteiger partial charge in [0.2, 0.25) is 5.91 Å². The quantitative estimate of drug-likeness (QED) is 0.579. The van der Waals surface area contributed by atoms with Crippen LogP contribution >= 0.6 is 34.2 Å². The van der Waals surface area contributed by atoms with E-state index >= 15 is 0 Å². The average molecular weight is 347 g/mol. The molecule has 1 aliphatic heterocycles. The zero-order valence-corrected chi connectivity index (χ0v) is 11.2. The van der Waals surface area contributed by atoms with Gasteiger partial charge in [0.1, 0.15) is 0 Å². The van der Waals surface area contributed by atoms with Gasteiger partial charge in [0.15, 0.2) is 0 Å². The first-order chi connectivity index (χ1) is 7.61. The van der Waals surface area contributed by atoms with E-state index in [9.17, 15) is 4.79 Å². The number of halogens is 2. The number of carbonyl (C=O) groups excluding carboxylic acids is 1. The predicted molar refractivity (Wildman–Crippen MR) is 70.5 cm³/mol. The lowest BCUT2D eigenvalue weighted by Gasteiger charge is -2.17. The second-order valence-corrected chi connectivity index (χ2v) is 5.36. The fraction of sp³-hybridized carbons (Fsp3) is 0.273. The van der Waals surface area contributed by atoms with E-state index in [1.54, 1.807) is 23.1 Å². The number of hydrogen-bond donors (Lipinski definition) is 0. The Balaban J connectivity index is 2.35. The third-order valence-electron chi connectivity index (χ3n) is 2.45. The second kappa shape index (κ2) is 4.60. The van der Waals surface area contributed by atoms with Crippen LogP contribution in [0.2, 0.25) is 0 Å². The van der Waals surface area contributed by atoms with E-state index in [2.05, 4.69) is 28.7 Å². The highest BCUT2D eigenvalue weighted by molar-refractivity contribution is 14.1. The molecule has 82 valence electrons. The van der Waals surface area contributed by atoms with Crippen molar-refractivity contribution >= 4 is 45.8 Å². The molecule has 0 aliphatic carbocycles. The molecule has 0 bridgehead atoms. The SMILES string of the molecule is N#Cc1ccc(N2CC(Cl)CC2=O)c(I)c1. The molecule has 1 aromatic rings. The minimum absolute atomic E-state index is 0.0441. The second-order valence-electron chi connectivity index (χ2n) is 3.58. The maximum absolute atomic E-state index is 11.7. The molecule has 1 heterocycles. The van der Waals surface area contributed by atoms with E-state index in [0.29, 0.717) is 18.5 Å². The summed E-state index contributed by atoms with van der Waals surface area (Å²) in [5.74, 6) is 0.0441. The van der Waals surface area contributed by atoms with E-state index in [1.807, 2.05) is 0 Å². The van der Waals surface area contributed by atoms with Gasteiger partial charge in [-0.25, -0.2) is 0 Å². The van der Waals surface area contributed by atoms with Crippen molar-refractivity contribution in [2.45, 2.75) is 11.8 Å². The van der Waals surface area contributed by atoms with Gasteiger partial charge in [0.25, 0.3) is 0 Å². The molecule has 0 radical (unpaired) electrons. The van der Waals surface area contributed by atoms with Crippen molar-refractivity contribution in [3.8, 4) is 6.07 Å². The molecule has 16 heavy (non-hydrogen) atoms. The zero-order chi connectivity index (χ0) is 11.7. The molecule has 5 heteroatoms. The lowest BCUT2D eigenvalue weighted by Crippen LogP contribution is -2.25. The lowest BCUT2D eigenvalue weighted by atomic mass is 10.2. The topological polar surface area (TPSA) is 44.1 Å². The number of carbonyl (C=O) groups is 1. The van der Waals surface area contributed by atoms with Gasteiger partial charge in [-0.1, -0.05) is 0 Å². The summed E-state index contributed by atoms with van der Waals surface area (Å²) in [6.45, 7) is 0.544. The Bertz CT molecular complexity index is 483. The van der Waals surface area contributed by atoms with Gasteiger partial charge in [-0.15, -0.1) is 11.6 Å².